The lowest BCUT2D eigenvalue weighted by molar-refractivity contribution is 0.0369. The fourth-order valence-corrected chi connectivity index (χ4v) is 4.25. The molecule has 0 bridgehead atoms. The predicted molar refractivity (Wildman–Crippen MR) is 87.9 cm³/mol. The van der Waals surface area contributed by atoms with E-state index in [0.717, 1.165) is 23.6 Å². The van der Waals surface area contributed by atoms with Crippen molar-refractivity contribution in [1.29, 1.82) is 0 Å². The van der Waals surface area contributed by atoms with Crippen molar-refractivity contribution in [1.82, 2.24) is 5.32 Å². The van der Waals surface area contributed by atoms with Crippen molar-refractivity contribution in [2.45, 2.75) is 59.0 Å². The molecule has 21 heavy (non-hydrogen) atoms. The standard InChI is InChI=1S/C17H27NO2S/c1-11(2)9-17(4,20)10-18-16(19)15-8-13-7-12(3)5-6-14(13)21-15/h8,11-12,20H,5-7,9-10H2,1-4H3,(H,18,19). The summed E-state index contributed by atoms with van der Waals surface area (Å²) in [5.41, 5.74) is 0.507. The van der Waals surface area contributed by atoms with E-state index in [1.165, 1.54) is 16.9 Å². The van der Waals surface area contributed by atoms with Gasteiger partial charge < -0.3 is 10.4 Å². The van der Waals surface area contributed by atoms with E-state index in [2.05, 4.69) is 26.1 Å². The molecule has 1 aliphatic rings. The fourth-order valence-electron chi connectivity index (χ4n) is 3.13. The summed E-state index contributed by atoms with van der Waals surface area (Å²) in [5.74, 6) is 1.08. The molecule has 1 aromatic rings. The first-order valence-electron chi connectivity index (χ1n) is 7.89. The lowest BCUT2D eigenvalue weighted by Crippen LogP contribution is -2.41. The first-order valence-corrected chi connectivity index (χ1v) is 8.70. The number of amides is 1. The highest BCUT2D eigenvalue weighted by Crippen LogP contribution is 2.32. The molecule has 0 saturated heterocycles. The van der Waals surface area contributed by atoms with E-state index in [-0.39, 0.29) is 5.91 Å². The maximum absolute atomic E-state index is 12.3. The Labute approximate surface area is 131 Å². The Bertz CT molecular complexity index is 505. The average Bonchev–Trinajstić information content (AvgIpc) is 2.77. The van der Waals surface area contributed by atoms with Gasteiger partial charge in [0.2, 0.25) is 0 Å². The van der Waals surface area contributed by atoms with Crippen LogP contribution < -0.4 is 5.32 Å². The number of rotatable bonds is 5. The van der Waals surface area contributed by atoms with E-state index in [1.54, 1.807) is 18.3 Å². The topological polar surface area (TPSA) is 49.3 Å². The predicted octanol–water partition coefficient (Wildman–Crippen LogP) is 3.40. The number of aliphatic hydroxyl groups is 1. The molecule has 2 rings (SSSR count). The minimum absolute atomic E-state index is 0.0499. The summed E-state index contributed by atoms with van der Waals surface area (Å²) in [6.07, 6.45) is 4.09. The van der Waals surface area contributed by atoms with E-state index in [4.69, 9.17) is 0 Å². The van der Waals surface area contributed by atoms with E-state index in [0.29, 0.717) is 18.9 Å². The lowest BCUT2D eigenvalue weighted by atomic mass is 9.90. The third kappa shape index (κ3) is 4.55. The SMILES string of the molecule is CC(C)CC(C)(O)CNC(=O)c1cc2c(s1)CCC(C)C2. The molecule has 0 saturated carbocycles. The summed E-state index contributed by atoms with van der Waals surface area (Å²) in [6.45, 7) is 8.51. The highest BCUT2D eigenvalue weighted by molar-refractivity contribution is 7.14. The highest BCUT2D eigenvalue weighted by Gasteiger charge is 2.24. The first kappa shape index (κ1) is 16.5. The molecule has 4 heteroatoms. The van der Waals surface area contributed by atoms with Gasteiger partial charge in [-0.3, -0.25) is 4.79 Å². The number of hydrogen-bond donors (Lipinski definition) is 2. The van der Waals surface area contributed by atoms with E-state index < -0.39 is 5.60 Å². The maximum atomic E-state index is 12.3. The summed E-state index contributed by atoms with van der Waals surface area (Å²) >= 11 is 1.62. The monoisotopic (exact) mass is 309 g/mol. The molecule has 1 aliphatic carbocycles. The summed E-state index contributed by atoms with van der Waals surface area (Å²) in [6, 6.07) is 2.04. The maximum Gasteiger partial charge on any atom is 0.261 e. The van der Waals surface area contributed by atoms with Crippen LogP contribution >= 0.6 is 11.3 Å². The van der Waals surface area contributed by atoms with Crippen molar-refractivity contribution in [2.24, 2.45) is 11.8 Å². The van der Waals surface area contributed by atoms with Gasteiger partial charge in [0.15, 0.2) is 0 Å². The van der Waals surface area contributed by atoms with Gasteiger partial charge in [-0.25, -0.2) is 0 Å². The van der Waals surface area contributed by atoms with Crippen molar-refractivity contribution in [2.75, 3.05) is 6.54 Å². The Morgan fingerprint density at radius 1 is 1.57 bits per heavy atom. The Balaban J connectivity index is 1.95. The third-order valence-electron chi connectivity index (χ3n) is 4.03. The Morgan fingerprint density at radius 3 is 2.95 bits per heavy atom. The van der Waals surface area contributed by atoms with Gasteiger partial charge in [-0.05, 0) is 56.1 Å². The van der Waals surface area contributed by atoms with E-state index >= 15 is 0 Å². The van der Waals surface area contributed by atoms with Crippen molar-refractivity contribution in [3.05, 3.63) is 21.4 Å². The minimum atomic E-state index is -0.838. The molecule has 2 atom stereocenters. The molecule has 0 aromatic carbocycles. The zero-order valence-corrected chi connectivity index (χ0v) is 14.3. The van der Waals surface area contributed by atoms with Crippen molar-refractivity contribution in [3.63, 3.8) is 0 Å². The van der Waals surface area contributed by atoms with Gasteiger partial charge >= 0.3 is 0 Å². The van der Waals surface area contributed by atoms with Crippen LogP contribution in [-0.2, 0) is 12.8 Å². The van der Waals surface area contributed by atoms with Crippen LogP contribution in [0, 0.1) is 11.8 Å². The molecule has 0 spiro atoms. The van der Waals surface area contributed by atoms with Crippen LogP contribution in [0.2, 0.25) is 0 Å². The van der Waals surface area contributed by atoms with Crippen LogP contribution in [0.3, 0.4) is 0 Å². The minimum Gasteiger partial charge on any atom is -0.388 e. The molecule has 0 aliphatic heterocycles. The molecule has 118 valence electrons. The van der Waals surface area contributed by atoms with Gasteiger partial charge in [0.25, 0.3) is 5.91 Å². The number of aryl methyl sites for hydroxylation is 1. The molecule has 0 fully saturated rings. The fraction of sp³-hybridized carbons (Fsp3) is 0.706. The Kier molecular flexibility index (Phi) is 5.10. The highest BCUT2D eigenvalue weighted by atomic mass is 32.1. The Hall–Kier alpha value is -0.870. The van der Waals surface area contributed by atoms with Gasteiger partial charge in [0.1, 0.15) is 0 Å². The second kappa shape index (κ2) is 6.49. The first-order chi connectivity index (χ1) is 9.77. The molecule has 0 radical (unpaired) electrons. The van der Waals surface area contributed by atoms with Crippen LogP contribution in [-0.4, -0.2) is 23.2 Å². The smallest absolute Gasteiger partial charge is 0.261 e. The molecule has 2 N–H and O–H groups in total. The lowest BCUT2D eigenvalue weighted by Gasteiger charge is -2.25. The molecular weight excluding hydrogens is 282 g/mol. The second-order valence-corrected chi connectivity index (χ2v) is 8.32. The summed E-state index contributed by atoms with van der Waals surface area (Å²) in [5, 5.41) is 13.2. The molecule has 2 unspecified atom stereocenters. The normalized spacial score (nSPS) is 21.0. The molecule has 1 amide bonds. The number of fused-ring (bicyclic) bond motifs is 1. The summed E-state index contributed by atoms with van der Waals surface area (Å²) in [4.78, 5) is 14.4. The van der Waals surface area contributed by atoms with Crippen LogP contribution in [0.5, 0.6) is 0 Å². The Morgan fingerprint density at radius 2 is 2.29 bits per heavy atom. The number of carbonyl (C=O) groups is 1. The molecule has 1 aromatic heterocycles. The quantitative estimate of drug-likeness (QED) is 0.876. The number of hydrogen-bond acceptors (Lipinski definition) is 3. The van der Waals surface area contributed by atoms with Gasteiger partial charge in [-0.2, -0.15) is 0 Å². The van der Waals surface area contributed by atoms with Gasteiger partial charge in [-0.15, -0.1) is 11.3 Å². The van der Waals surface area contributed by atoms with Crippen LogP contribution in [0.1, 0.15) is 60.6 Å². The van der Waals surface area contributed by atoms with Crippen molar-refractivity contribution in [3.8, 4) is 0 Å². The van der Waals surface area contributed by atoms with Gasteiger partial charge in [0.05, 0.1) is 10.5 Å². The van der Waals surface area contributed by atoms with Gasteiger partial charge in [-0.1, -0.05) is 20.8 Å². The average molecular weight is 309 g/mol. The zero-order chi connectivity index (χ0) is 15.6. The van der Waals surface area contributed by atoms with Crippen LogP contribution in [0.15, 0.2) is 6.07 Å². The molecule has 1 heterocycles. The molecular formula is C17H27NO2S. The largest absolute Gasteiger partial charge is 0.388 e. The zero-order valence-electron chi connectivity index (χ0n) is 13.5. The van der Waals surface area contributed by atoms with Crippen molar-refractivity contribution < 1.29 is 9.90 Å². The second-order valence-electron chi connectivity index (χ2n) is 7.18. The van der Waals surface area contributed by atoms with Crippen LogP contribution in [0.4, 0.5) is 0 Å². The van der Waals surface area contributed by atoms with Crippen LogP contribution in [0.25, 0.3) is 0 Å². The summed E-state index contributed by atoms with van der Waals surface area (Å²) in [7, 11) is 0. The number of thiophene rings is 1. The molecule has 3 nitrogen and oxygen atoms in total. The summed E-state index contributed by atoms with van der Waals surface area (Å²) < 4.78 is 0. The van der Waals surface area contributed by atoms with Gasteiger partial charge in [0, 0.05) is 11.4 Å². The van der Waals surface area contributed by atoms with E-state index in [9.17, 15) is 9.90 Å². The number of carbonyl (C=O) groups excluding carboxylic acids is 1. The number of nitrogens with one attached hydrogen (secondary N) is 1. The van der Waals surface area contributed by atoms with Crippen molar-refractivity contribution >= 4 is 17.2 Å². The van der Waals surface area contributed by atoms with E-state index in [1.807, 2.05) is 6.07 Å². The third-order valence-corrected chi connectivity index (χ3v) is 5.27.